The SMILES string of the molecule is CC(=O)OCC1[CH][CH]C(N2N=NC(C(=N)N3CCCCC3)C(=O)C2=O)O1. The normalized spacial score (nSPS) is 29.2. The summed E-state index contributed by atoms with van der Waals surface area (Å²) in [4.78, 5) is 37.4. The molecule has 2 radical (unpaired) electrons. The topological polar surface area (TPSA) is 125 Å². The number of ether oxygens (including phenoxy) is 2. The highest BCUT2D eigenvalue weighted by atomic mass is 16.6. The number of Topliss-reactive ketones (excluding diaryl/α,β-unsaturated/α-hetero) is 1. The van der Waals surface area contributed by atoms with E-state index in [-0.39, 0.29) is 12.4 Å². The van der Waals surface area contributed by atoms with E-state index in [1.54, 1.807) is 17.7 Å². The number of rotatable bonds is 4. The van der Waals surface area contributed by atoms with Gasteiger partial charge in [-0.3, -0.25) is 19.8 Å². The van der Waals surface area contributed by atoms with Gasteiger partial charge in [0.1, 0.15) is 12.4 Å². The van der Waals surface area contributed by atoms with E-state index in [2.05, 4.69) is 10.3 Å². The molecule has 3 aliphatic rings. The van der Waals surface area contributed by atoms with Crippen molar-refractivity contribution in [1.29, 1.82) is 5.41 Å². The van der Waals surface area contributed by atoms with Gasteiger partial charge in [-0.2, -0.15) is 10.1 Å². The molecule has 2 fully saturated rings. The van der Waals surface area contributed by atoms with Crippen LogP contribution in [0.1, 0.15) is 26.2 Å². The van der Waals surface area contributed by atoms with Gasteiger partial charge in [0.25, 0.3) is 5.78 Å². The van der Waals surface area contributed by atoms with Crippen molar-refractivity contribution in [2.75, 3.05) is 19.7 Å². The van der Waals surface area contributed by atoms with Crippen LogP contribution in [0.5, 0.6) is 0 Å². The van der Waals surface area contributed by atoms with E-state index in [1.807, 2.05) is 0 Å². The minimum Gasteiger partial charge on any atom is -0.463 e. The number of piperidine rings is 1. The lowest BCUT2D eigenvalue weighted by Crippen LogP contribution is -2.52. The van der Waals surface area contributed by atoms with Gasteiger partial charge in [0, 0.05) is 32.9 Å². The van der Waals surface area contributed by atoms with E-state index in [4.69, 9.17) is 14.9 Å². The molecule has 0 aromatic rings. The lowest BCUT2D eigenvalue weighted by molar-refractivity contribution is -0.159. The number of amides is 1. The molecular formula is C16H21N5O5. The summed E-state index contributed by atoms with van der Waals surface area (Å²) in [5, 5.41) is 16.7. The molecule has 0 aromatic carbocycles. The monoisotopic (exact) mass is 363 g/mol. The highest BCUT2D eigenvalue weighted by Gasteiger charge is 2.44. The van der Waals surface area contributed by atoms with E-state index in [1.165, 1.54) is 6.92 Å². The van der Waals surface area contributed by atoms with Gasteiger partial charge in [-0.1, -0.05) is 5.22 Å². The van der Waals surface area contributed by atoms with Gasteiger partial charge in [0.05, 0.1) is 6.10 Å². The second kappa shape index (κ2) is 7.90. The minimum absolute atomic E-state index is 0.0116. The van der Waals surface area contributed by atoms with Gasteiger partial charge >= 0.3 is 11.9 Å². The largest absolute Gasteiger partial charge is 0.463 e. The van der Waals surface area contributed by atoms with Crippen molar-refractivity contribution in [3.63, 3.8) is 0 Å². The number of likely N-dealkylation sites (tertiary alicyclic amines) is 1. The van der Waals surface area contributed by atoms with Gasteiger partial charge in [-0.05, 0) is 19.3 Å². The molecule has 0 bridgehead atoms. The van der Waals surface area contributed by atoms with Crippen molar-refractivity contribution in [2.45, 2.75) is 44.6 Å². The number of ketones is 1. The Morgan fingerprint density at radius 3 is 2.73 bits per heavy atom. The van der Waals surface area contributed by atoms with Gasteiger partial charge in [0.2, 0.25) is 0 Å². The Morgan fingerprint density at radius 2 is 2.04 bits per heavy atom. The van der Waals surface area contributed by atoms with Crippen LogP contribution in [-0.2, 0) is 23.9 Å². The first-order valence-electron chi connectivity index (χ1n) is 8.56. The summed E-state index contributed by atoms with van der Waals surface area (Å²) in [6, 6.07) is -1.20. The second-order valence-electron chi connectivity index (χ2n) is 6.31. The number of amidine groups is 1. The van der Waals surface area contributed by atoms with Crippen LogP contribution in [0.15, 0.2) is 10.3 Å². The summed E-state index contributed by atoms with van der Waals surface area (Å²) in [6.07, 6.45) is 4.76. The smallest absolute Gasteiger partial charge is 0.316 e. The third kappa shape index (κ3) is 3.90. The lowest BCUT2D eigenvalue weighted by Gasteiger charge is -2.32. The van der Waals surface area contributed by atoms with Crippen LogP contribution < -0.4 is 0 Å². The van der Waals surface area contributed by atoms with E-state index < -0.39 is 36.0 Å². The van der Waals surface area contributed by atoms with Crippen LogP contribution in [0.25, 0.3) is 0 Å². The van der Waals surface area contributed by atoms with E-state index in [0.717, 1.165) is 24.3 Å². The minimum atomic E-state index is -1.20. The number of hydrogen-bond acceptors (Lipinski definition) is 8. The Bertz CT molecular complexity index is 631. The fourth-order valence-electron chi connectivity index (χ4n) is 3.01. The Balaban J connectivity index is 1.61. The Kier molecular flexibility index (Phi) is 5.60. The fourth-order valence-corrected chi connectivity index (χ4v) is 3.01. The zero-order valence-corrected chi connectivity index (χ0v) is 14.5. The van der Waals surface area contributed by atoms with Crippen molar-refractivity contribution in [1.82, 2.24) is 9.91 Å². The zero-order chi connectivity index (χ0) is 18.7. The highest BCUT2D eigenvalue weighted by molar-refractivity contribution is 6.42. The first-order chi connectivity index (χ1) is 12.5. The van der Waals surface area contributed by atoms with Crippen LogP contribution in [0.2, 0.25) is 0 Å². The van der Waals surface area contributed by atoms with Gasteiger partial charge in [0.15, 0.2) is 12.3 Å². The Hall–Kier alpha value is -2.36. The number of hydrogen-bond donors (Lipinski definition) is 1. The molecule has 140 valence electrons. The highest BCUT2D eigenvalue weighted by Crippen LogP contribution is 2.25. The molecular weight excluding hydrogens is 342 g/mol. The molecule has 0 aromatic heterocycles. The van der Waals surface area contributed by atoms with Gasteiger partial charge in [-0.25, -0.2) is 0 Å². The molecule has 3 rings (SSSR count). The van der Waals surface area contributed by atoms with Gasteiger partial charge < -0.3 is 14.4 Å². The Morgan fingerprint density at radius 1 is 1.31 bits per heavy atom. The maximum atomic E-state index is 12.4. The molecule has 0 saturated carbocycles. The number of nitrogens with one attached hydrogen (secondary N) is 1. The molecule has 3 heterocycles. The van der Waals surface area contributed by atoms with Gasteiger partial charge in [-0.15, -0.1) is 0 Å². The maximum Gasteiger partial charge on any atom is 0.316 e. The average molecular weight is 363 g/mol. The lowest BCUT2D eigenvalue weighted by atomic mass is 10.1. The molecule has 2 saturated heterocycles. The van der Waals surface area contributed by atoms with Crippen molar-refractivity contribution >= 4 is 23.5 Å². The summed E-state index contributed by atoms with van der Waals surface area (Å²) in [5.41, 5.74) is 0. The summed E-state index contributed by atoms with van der Waals surface area (Å²) in [6.45, 7) is 2.66. The molecule has 1 amide bonds. The van der Waals surface area contributed by atoms with Crippen LogP contribution >= 0.6 is 0 Å². The first-order valence-corrected chi connectivity index (χ1v) is 8.56. The number of carbonyl (C=O) groups excluding carboxylic acids is 3. The molecule has 10 heteroatoms. The van der Waals surface area contributed by atoms with Crippen LogP contribution in [0, 0.1) is 18.3 Å². The predicted octanol–water partition coefficient (Wildman–Crippen LogP) is 0.293. The first kappa shape index (κ1) is 18.4. The van der Waals surface area contributed by atoms with E-state index in [0.29, 0.717) is 13.1 Å². The summed E-state index contributed by atoms with van der Waals surface area (Å²) in [7, 11) is 0. The quantitative estimate of drug-likeness (QED) is 0.331. The molecule has 0 aliphatic carbocycles. The Labute approximate surface area is 151 Å². The number of esters is 1. The van der Waals surface area contributed by atoms with Crippen molar-refractivity contribution in [3.8, 4) is 0 Å². The maximum absolute atomic E-state index is 12.4. The second-order valence-corrected chi connectivity index (χ2v) is 6.31. The molecule has 3 unspecified atom stereocenters. The average Bonchev–Trinajstić information content (AvgIpc) is 3.11. The summed E-state index contributed by atoms with van der Waals surface area (Å²) < 4.78 is 10.4. The fraction of sp³-hybridized carbons (Fsp3) is 0.625. The predicted molar refractivity (Wildman–Crippen MR) is 87.5 cm³/mol. The van der Waals surface area contributed by atoms with Crippen LogP contribution in [0.4, 0.5) is 0 Å². The van der Waals surface area contributed by atoms with Crippen molar-refractivity contribution in [2.24, 2.45) is 10.3 Å². The third-order valence-electron chi connectivity index (χ3n) is 4.38. The molecule has 10 nitrogen and oxygen atoms in total. The molecule has 0 spiro atoms. The summed E-state index contributed by atoms with van der Waals surface area (Å²) in [5.74, 6) is -2.08. The molecule has 26 heavy (non-hydrogen) atoms. The number of carbonyl (C=O) groups is 3. The third-order valence-corrected chi connectivity index (χ3v) is 4.38. The van der Waals surface area contributed by atoms with E-state index >= 15 is 0 Å². The van der Waals surface area contributed by atoms with Crippen molar-refractivity contribution < 1.29 is 23.9 Å². The summed E-state index contributed by atoms with van der Waals surface area (Å²) >= 11 is 0. The zero-order valence-electron chi connectivity index (χ0n) is 14.5. The van der Waals surface area contributed by atoms with Crippen molar-refractivity contribution in [3.05, 3.63) is 12.8 Å². The van der Waals surface area contributed by atoms with Crippen LogP contribution in [0.3, 0.4) is 0 Å². The number of nitrogens with zero attached hydrogens (tertiary/aromatic N) is 4. The van der Waals surface area contributed by atoms with Crippen LogP contribution in [-0.4, -0.2) is 71.5 Å². The van der Waals surface area contributed by atoms with E-state index in [9.17, 15) is 14.4 Å². The standard InChI is InChI=1S/C16H21N5O5/c1-10(22)25-9-11-5-6-12(26-11)21-16(24)14(23)13(18-19-21)15(17)20-7-3-2-4-8-20/h5-6,11-13,17H,2-4,7-9H2,1H3. The molecule has 1 N–H and O–H groups in total. The molecule has 3 atom stereocenters. The molecule has 3 aliphatic heterocycles.